The van der Waals surface area contributed by atoms with Crippen molar-refractivity contribution in [3.8, 4) is 0 Å². The molecule has 0 rings (SSSR count). The third kappa shape index (κ3) is 10.1. The van der Waals surface area contributed by atoms with E-state index in [0.717, 1.165) is 6.08 Å². The van der Waals surface area contributed by atoms with Gasteiger partial charge < -0.3 is 9.84 Å². The van der Waals surface area contributed by atoms with Gasteiger partial charge in [-0.05, 0) is 6.92 Å². The van der Waals surface area contributed by atoms with Crippen LogP contribution in [0.3, 0.4) is 0 Å². The molecule has 0 bridgehead atoms. The maximum atomic E-state index is 10.1. The van der Waals surface area contributed by atoms with E-state index >= 15 is 0 Å². The molecule has 0 aliphatic rings. The summed E-state index contributed by atoms with van der Waals surface area (Å²) in [7, 11) is 0. The fraction of sp³-hybridized carbons (Fsp3) is 0.400. The number of hydrogen-bond acceptors (Lipinski definition) is 5. The van der Waals surface area contributed by atoms with Crippen LogP contribution in [-0.2, 0) is 9.53 Å². The van der Waals surface area contributed by atoms with Crippen molar-refractivity contribution in [2.45, 2.75) is 13.2 Å². The van der Waals surface area contributed by atoms with Gasteiger partial charge in [-0.15, -0.1) is 0 Å². The van der Waals surface area contributed by atoms with Gasteiger partial charge in [-0.2, -0.15) is 0 Å². The highest BCUT2D eigenvalue weighted by Gasteiger charge is 1.97. The quantitative estimate of drug-likeness (QED) is 0.170. The number of carbonyl (C=O) groups excluding carboxylic acids is 1. The number of ether oxygens (including phenoxy) is 1. The molecule has 60 valence electrons. The fourth-order valence-corrected chi connectivity index (χ4v) is 0.216. The molecule has 10 heavy (non-hydrogen) atoms. The van der Waals surface area contributed by atoms with Crippen LogP contribution >= 0.6 is 0 Å². The number of hydrogen-bond donors (Lipinski definition) is 3. The first-order valence-corrected chi connectivity index (χ1v) is 2.38. The molecule has 1 unspecified atom stereocenters. The van der Waals surface area contributed by atoms with Crippen molar-refractivity contribution in [2.24, 2.45) is 0 Å². The number of aliphatic hydroxyl groups excluding tert-OH is 1. The van der Waals surface area contributed by atoms with E-state index in [1.165, 1.54) is 6.92 Å². The van der Waals surface area contributed by atoms with Gasteiger partial charge in [0.2, 0.25) is 0 Å². The zero-order valence-corrected chi connectivity index (χ0v) is 5.52. The molecule has 0 aromatic heterocycles. The molecule has 3 N–H and O–H groups in total. The number of rotatable bonds is 2. The van der Waals surface area contributed by atoms with Crippen molar-refractivity contribution >= 4 is 5.97 Å². The molecule has 0 aliphatic carbocycles. The Hall–Kier alpha value is -0.910. The van der Waals surface area contributed by atoms with Crippen molar-refractivity contribution in [1.82, 2.24) is 0 Å². The normalized spacial score (nSPS) is 10.4. The minimum atomic E-state index is -1.04. The summed E-state index contributed by atoms with van der Waals surface area (Å²) in [6, 6.07) is 0. The van der Waals surface area contributed by atoms with Crippen molar-refractivity contribution in [3.63, 3.8) is 0 Å². The molecular weight excluding hydrogens is 140 g/mol. The summed E-state index contributed by atoms with van der Waals surface area (Å²) in [6.07, 6.45) is -0.0484. The SMILES string of the molecule is C=CC(=O)OC(C)O.OO. The monoisotopic (exact) mass is 150 g/mol. The molecule has 0 aromatic rings. The molecule has 0 saturated heterocycles. The highest BCUT2D eigenvalue weighted by Crippen LogP contribution is 1.84. The number of aliphatic hydroxyl groups is 1. The molecule has 0 heterocycles. The number of carbonyl (C=O) groups is 1. The third-order valence-electron chi connectivity index (χ3n) is 0.453. The average molecular weight is 150 g/mol. The zero-order valence-electron chi connectivity index (χ0n) is 5.52. The maximum absolute atomic E-state index is 10.1. The first-order chi connectivity index (χ1) is 4.66. The lowest BCUT2D eigenvalue weighted by atomic mass is 10.6. The summed E-state index contributed by atoms with van der Waals surface area (Å²) in [5, 5.41) is 20.4. The molecule has 0 spiro atoms. The standard InChI is InChI=1S/C5H8O3.H2O2/c1-3-5(7)8-4(2)6;1-2/h3-4,6H,1H2,2H3;1-2H. The van der Waals surface area contributed by atoms with Crippen LogP contribution in [0.15, 0.2) is 12.7 Å². The predicted octanol–water partition coefficient (Wildman–Crippen LogP) is 0.0713. The lowest BCUT2D eigenvalue weighted by Gasteiger charge is -2.01. The maximum Gasteiger partial charge on any atom is 0.332 e. The Bertz CT molecular complexity index is 98.2. The molecule has 0 aromatic carbocycles. The Morgan fingerprint density at radius 1 is 1.70 bits per heavy atom. The predicted molar refractivity (Wildman–Crippen MR) is 33.2 cm³/mol. The van der Waals surface area contributed by atoms with Crippen LogP contribution in [0.5, 0.6) is 0 Å². The van der Waals surface area contributed by atoms with Gasteiger partial charge in [0.25, 0.3) is 0 Å². The van der Waals surface area contributed by atoms with E-state index in [1.54, 1.807) is 0 Å². The number of esters is 1. The first kappa shape index (κ1) is 11.8. The molecule has 0 saturated carbocycles. The zero-order chi connectivity index (χ0) is 8.57. The fourth-order valence-electron chi connectivity index (χ4n) is 0.216. The average Bonchev–Trinajstić information content (AvgIpc) is 1.91. The second kappa shape index (κ2) is 8.09. The van der Waals surface area contributed by atoms with E-state index in [-0.39, 0.29) is 0 Å². The van der Waals surface area contributed by atoms with E-state index in [2.05, 4.69) is 11.3 Å². The van der Waals surface area contributed by atoms with Crippen molar-refractivity contribution in [1.29, 1.82) is 0 Å². The summed E-state index contributed by atoms with van der Waals surface area (Å²) in [4.78, 5) is 10.1. The van der Waals surface area contributed by atoms with Crippen LogP contribution in [0.1, 0.15) is 6.92 Å². The van der Waals surface area contributed by atoms with Crippen LogP contribution < -0.4 is 0 Å². The van der Waals surface area contributed by atoms with Gasteiger partial charge >= 0.3 is 5.97 Å². The van der Waals surface area contributed by atoms with Crippen molar-refractivity contribution in [2.75, 3.05) is 0 Å². The molecule has 1 atom stereocenters. The Labute approximate surface area is 58.1 Å². The highest BCUT2D eigenvalue weighted by atomic mass is 17.0. The van der Waals surface area contributed by atoms with Gasteiger partial charge in [0.05, 0.1) is 0 Å². The van der Waals surface area contributed by atoms with Crippen molar-refractivity contribution < 1.29 is 25.2 Å². The summed E-state index contributed by atoms with van der Waals surface area (Å²) in [5.74, 6) is -0.611. The molecule has 0 aliphatic heterocycles. The summed E-state index contributed by atoms with van der Waals surface area (Å²) < 4.78 is 4.20. The van der Waals surface area contributed by atoms with Crippen LogP contribution in [0.4, 0.5) is 0 Å². The van der Waals surface area contributed by atoms with Crippen LogP contribution in [0, 0.1) is 0 Å². The largest absolute Gasteiger partial charge is 0.433 e. The summed E-state index contributed by atoms with van der Waals surface area (Å²) >= 11 is 0. The van der Waals surface area contributed by atoms with E-state index < -0.39 is 12.3 Å². The topological polar surface area (TPSA) is 87.0 Å². The Morgan fingerprint density at radius 3 is 2.20 bits per heavy atom. The molecular formula is C5H10O5. The van der Waals surface area contributed by atoms with Gasteiger partial charge in [0, 0.05) is 6.08 Å². The van der Waals surface area contributed by atoms with Gasteiger partial charge in [-0.1, -0.05) is 6.58 Å². The molecule has 0 radical (unpaired) electrons. The minimum Gasteiger partial charge on any atom is -0.433 e. The Morgan fingerprint density at radius 2 is 2.10 bits per heavy atom. The van der Waals surface area contributed by atoms with Crippen LogP contribution in [0.2, 0.25) is 0 Å². The lowest BCUT2D eigenvalue weighted by molar-refractivity contribution is -0.176. The van der Waals surface area contributed by atoms with Crippen LogP contribution in [-0.4, -0.2) is 27.9 Å². The van der Waals surface area contributed by atoms with Gasteiger partial charge in [0.15, 0.2) is 6.29 Å². The second-order valence-electron chi connectivity index (χ2n) is 1.24. The van der Waals surface area contributed by atoms with E-state index in [0.29, 0.717) is 0 Å². The highest BCUT2D eigenvalue weighted by molar-refractivity contribution is 5.81. The first-order valence-electron chi connectivity index (χ1n) is 2.38. The van der Waals surface area contributed by atoms with Gasteiger partial charge in [-0.25, -0.2) is 4.79 Å². The smallest absolute Gasteiger partial charge is 0.332 e. The molecule has 0 amide bonds. The minimum absolute atomic E-state index is 0.611. The summed E-state index contributed by atoms with van der Waals surface area (Å²) in [5.41, 5.74) is 0. The van der Waals surface area contributed by atoms with Gasteiger partial charge in [-0.3, -0.25) is 10.5 Å². The Balaban J connectivity index is 0. The van der Waals surface area contributed by atoms with E-state index in [1.807, 2.05) is 0 Å². The van der Waals surface area contributed by atoms with E-state index in [4.69, 9.17) is 15.6 Å². The van der Waals surface area contributed by atoms with Gasteiger partial charge in [0.1, 0.15) is 0 Å². The summed E-state index contributed by atoms with van der Waals surface area (Å²) in [6.45, 7) is 4.48. The molecule has 5 nitrogen and oxygen atoms in total. The lowest BCUT2D eigenvalue weighted by Crippen LogP contribution is -2.10. The van der Waals surface area contributed by atoms with Crippen molar-refractivity contribution in [3.05, 3.63) is 12.7 Å². The molecule has 5 heteroatoms. The van der Waals surface area contributed by atoms with E-state index in [9.17, 15) is 4.79 Å². The molecule has 0 fully saturated rings. The Kier molecular flexibility index (Phi) is 9.57. The van der Waals surface area contributed by atoms with Crippen LogP contribution in [0.25, 0.3) is 0 Å². The second-order valence-corrected chi connectivity index (χ2v) is 1.24. The third-order valence-corrected chi connectivity index (χ3v) is 0.453.